The van der Waals surface area contributed by atoms with Crippen LogP contribution in [0.5, 0.6) is 0 Å². The number of para-hydroxylation sites is 7. The maximum Gasteiger partial charge on any atom is 0.0754 e. The van der Waals surface area contributed by atoms with Gasteiger partial charge in [0.15, 0.2) is 0 Å². The van der Waals surface area contributed by atoms with E-state index in [9.17, 15) is 0 Å². The van der Waals surface area contributed by atoms with Crippen LogP contribution in [0.3, 0.4) is 0 Å². The van der Waals surface area contributed by atoms with Gasteiger partial charge in [0.2, 0.25) is 0 Å². The molecule has 0 bridgehead atoms. The van der Waals surface area contributed by atoms with Gasteiger partial charge in [-0.15, -0.1) is 0 Å². The fraction of sp³-hybridized carbons (Fsp3) is 0.0370. The van der Waals surface area contributed by atoms with Crippen molar-refractivity contribution in [3.05, 3.63) is 377 Å². The highest BCUT2D eigenvalue weighted by atomic mass is 15.2. The molecule has 2 unspecified atom stereocenters. The van der Waals surface area contributed by atoms with Crippen LogP contribution in [0.2, 0.25) is 0 Å². The number of anilines is 3. The molecule has 3 nitrogen and oxygen atoms in total. The molecular weight excluding hydrogens is 1010 g/mol. The summed E-state index contributed by atoms with van der Waals surface area (Å²) >= 11 is 0. The molecule has 0 saturated heterocycles. The molecule has 15 aromatic rings. The van der Waals surface area contributed by atoms with Gasteiger partial charge < -0.3 is 14.0 Å². The summed E-state index contributed by atoms with van der Waals surface area (Å²) in [6.07, 6.45) is 0. The Labute approximate surface area is 491 Å². The largest absolute Gasteiger partial charge is 0.310 e. The number of benzene rings is 13. The molecule has 0 N–H and O–H groups in total. The average molecular weight is 1070 g/mol. The van der Waals surface area contributed by atoms with Crippen LogP contribution in [0.1, 0.15) is 70.2 Å². The van der Waals surface area contributed by atoms with Gasteiger partial charge >= 0.3 is 0 Å². The second-order valence-electron chi connectivity index (χ2n) is 22.5. The molecular formula is C81H55N3. The Hall–Kier alpha value is -10.7. The smallest absolute Gasteiger partial charge is 0.0754 e. The van der Waals surface area contributed by atoms with E-state index in [2.05, 4.69) is 299 Å². The zero-order valence-electron chi connectivity index (χ0n) is 47.9. The summed E-state index contributed by atoms with van der Waals surface area (Å²) in [6.45, 7) is 0. The van der Waals surface area contributed by atoms with E-state index in [0.29, 0.717) is 12.1 Å². The summed E-state index contributed by atoms with van der Waals surface area (Å²) in [4.78, 5) is 2.47. The Bertz CT molecular complexity index is 4840. The standard InChI is InChI=1S/C81H55N3/c1-6-24-54(25-7-1)79(56-44-48-75-67(50-56)65-34-16-20-38-73(65)82(75)60-28-10-3-11-29-60)58-42-46-63-64-47-43-59(53-72(64)81(71(63)52-58)69-36-18-22-40-77(69)84(62-32-14-5-15-33-62)78-41-23-19-37-70(78)81)80(55-26-8-2-9-27-55)57-45-49-76-68(51-57)66-35-17-21-39-74(66)83(76)61-30-12-4-13-31-61/h1-53,79-80H/i16D,17D. The van der Waals surface area contributed by atoms with Crippen molar-refractivity contribution in [1.82, 2.24) is 9.13 Å². The molecule has 1 spiro atoms. The second kappa shape index (κ2) is 19.2. The Morgan fingerprint density at radius 1 is 0.262 bits per heavy atom. The van der Waals surface area contributed by atoms with E-state index >= 15 is 0 Å². The third-order valence-electron chi connectivity index (χ3n) is 18.2. The monoisotopic (exact) mass is 1070 g/mol. The zero-order valence-corrected chi connectivity index (χ0v) is 45.9. The topological polar surface area (TPSA) is 13.1 Å². The van der Waals surface area contributed by atoms with Crippen LogP contribution in [0, 0.1) is 0 Å². The number of hydrogen-bond acceptors (Lipinski definition) is 1. The molecule has 2 aliphatic rings. The normalized spacial score (nSPS) is 14.0. The molecule has 3 heterocycles. The highest BCUT2D eigenvalue weighted by Crippen LogP contribution is 2.64. The van der Waals surface area contributed by atoms with E-state index in [1.807, 2.05) is 24.3 Å². The lowest BCUT2D eigenvalue weighted by Crippen LogP contribution is -2.36. The van der Waals surface area contributed by atoms with Crippen LogP contribution in [-0.2, 0) is 5.41 Å². The lowest BCUT2D eigenvalue weighted by Gasteiger charge is -2.45. The Balaban J connectivity index is 0.913. The molecule has 17 rings (SSSR count). The van der Waals surface area contributed by atoms with E-state index in [-0.39, 0.29) is 11.8 Å². The van der Waals surface area contributed by atoms with Crippen molar-refractivity contribution in [2.45, 2.75) is 17.3 Å². The third-order valence-corrected chi connectivity index (χ3v) is 18.2. The van der Waals surface area contributed by atoms with Crippen molar-refractivity contribution >= 4 is 60.7 Å². The Morgan fingerprint density at radius 3 is 1.06 bits per heavy atom. The molecule has 2 atom stereocenters. The van der Waals surface area contributed by atoms with Crippen molar-refractivity contribution in [2.75, 3.05) is 4.90 Å². The molecule has 3 heteroatoms. The first-order chi connectivity index (χ1) is 42.5. The number of nitrogens with zero attached hydrogens (tertiary/aromatic N) is 3. The quantitative estimate of drug-likeness (QED) is 0.131. The number of fused-ring (bicyclic) bond motifs is 15. The van der Waals surface area contributed by atoms with Gasteiger partial charge in [-0.05, 0) is 152 Å². The summed E-state index contributed by atoms with van der Waals surface area (Å²) in [7, 11) is 0. The van der Waals surface area contributed by atoms with Crippen molar-refractivity contribution in [3.8, 4) is 22.5 Å². The van der Waals surface area contributed by atoms with Gasteiger partial charge in [0.25, 0.3) is 0 Å². The van der Waals surface area contributed by atoms with E-state index < -0.39 is 5.41 Å². The van der Waals surface area contributed by atoms with E-state index in [0.717, 1.165) is 72.0 Å². The van der Waals surface area contributed by atoms with Gasteiger partial charge in [-0.1, -0.05) is 237 Å². The molecule has 84 heavy (non-hydrogen) atoms. The van der Waals surface area contributed by atoms with Crippen LogP contribution in [0.15, 0.2) is 321 Å². The molecule has 13 aromatic carbocycles. The number of aromatic nitrogens is 2. The van der Waals surface area contributed by atoms with Gasteiger partial charge in [-0.25, -0.2) is 0 Å². The number of rotatable bonds is 9. The zero-order chi connectivity index (χ0) is 57.0. The fourth-order valence-corrected chi connectivity index (χ4v) is 14.8. The van der Waals surface area contributed by atoms with Crippen LogP contribution in [-0.4, -0.2) is 9.13 Å². The van der Waals surface area contributed by atoms with Crippen molar-refractivity contribution in [2.24, 2.45) is 0 Å². The molecule has 0 fully saturated rings. The summed E-state index contributed by atoms with van der Waals surface area (Å²) < 4.78 is 22.4. The highest BCUT2D eigenvalue weighted by molar-refractivity contribution is 6.11. The SMILES string of the molecule is [2H]c1ccc2c(c1)c1cc(C(c3ccccc3)c3ccc4c(c3)C3(c5cc(C(c6ccccc6)c6ccc7c(c6)c6cc([2H])ccc6n7-c6ccccc6)ccc5-4)c4ccccc4N(c4ccccc4)c4ccccc43)ccc1n2-c1ccccc1. The predicted molar refractivity (Wildman–Crippen MR) is 348 cm³/mol. The van der Waals surface area contributed by atoms with Gasteiger partial charge in [-0.3, -0.25) is 0 Å². The minimum Gasteiger partial charge on any atom is -0.310 e. The molecule has 1 aliphatic heterocycles. The van der Waals surface area contributed by atoms with Gasteiger partial charge in [0.1, 0.15) is 0 Å². The van der Waals surface area contributed by atoms with E-state index in [1.165, 1.54) is 66.8 Å². The molecule has 394 valence electrons. The molecule has 0 amide bonds. The Morgan fingerprint density at radius 2 is 0.619 bits per heavy atom. The lowest BCUT2D eigenvalue weighted by atomic mass is 9.64. The first-order valence-corrected chi connectivity index (χ1v) is 29.1. The number of hydrogen-bond donors (Lipinski definition) is 0. The summed E-state index contributed by atoms with van der Waals surface area (Å²) in [5, 5.41) is 4.38. The van der Waals surface area contributed by atoms with Crippen LogP contribution in [0.25, 0.3) is 66.1 Å². The van der Waals surface area contributed by atoms with Crippen molar-refractivity contribution < 1.29 is 2.74 Å². The molecule has 1 aliphatic carbocycles. The summed E-state index contributed by atoms with van der Waals surface area (Å²) in [5.41, 5.74) is 23.8. The van der Waals surface area contributed by atoms with Gasteiger partial charge in [-0.2, -0.15) is 0 Å². The highest BCUT2D eigenvalue weighted by Gasteiger charge is 2.52. The maximum absolute atomic E-state index is 8.85. The fourth-order valence-electron chi connectivity index (χ4n) is 14.8. The minimum absolute atomic E-state index is 0.136. The van der Waals surface area contributed by atoms with Crippen molar-refractivity contribution in [3.63, 3.8) is 0 Å². The third kappa shape index (κ3) is 7.19. The van der Waals surface area contributed by atoms with Crippen molar-refractivity contribution in [1.29, 1.82) is 0 Å². The average Bonchev–Trinajstić information content (AvgIpc) is 1.43. The minimum atomic E-state index is -0.757. The predicted octanol–water partition coefficient (Wildman–Crippen LogP) is 20.4. The first kappa shape index (κ1) is 45.9. The van der Waals surface area contributed by atoms with Crippen LogP contribution >= 0.6 is 0 Å². The van der Waals surface area contributed by atoms with Crippen LogP contribution < -0.4 is 4.90 Å². The second-order valence-corrected chi connectivity index (χ2v) is 22.5. The summed E-state index contributed by atoms with van der Waals surface area (Å²) in [6, 6.07) is 114. The molecule has 0 radical (unpaired) electrons. The molecule has 2 aromatic heterocycles. The van der Waals surface area contributed by atoms with Gasteiger partial charge in [0, 0.05) is 50.4 Å². The van der Waals surface area contributed by atoms with Crippen LogP contribution in [0.4, 0.5) is 17.1 Å². The van der Waals surface area contributed by atoms with E-state index in [4.69, 9.17) is 2.74 Å². The first-order valence-electron chi connectivity index (χ1n) is 30.1. The lowest BCUT2D eigenvalue weighted by molar-refractivity contribution is 0.747. The summed E-state index contributed by atoms with van der Waals surface area (Å²) in [5.74, 6) is -0.273. The Kier molecular flexibility index (Phi) is 10.5. The molecule has 0 saturated carbocycles. The van der Waals surface area contributed by atoms with E-state index in [1.54, 1.807) is 0 Å². The maximum atomic E-state index is 8.85. The van der Waals surface area contributed by atoms with Gasteiger partial charge in [0.05, 0.1) is 41.6 Å².